The summed E-state index contributed by atoms with van der Waals surface area (Å²) in [6.45, 7) is 4.20. The highest BCUT2D eigenvalue weighted by molar-refractivity contribution is 7.86. The van der Waals surface area contributed by atoms with Crippen molar-refractivity contribution in [1.29, 1.82) is 0 Å². The van der Waals surface area contributed by atoms with E-state index in [-0.39, 0.29) is 17.2 Å². The van der Waals surface area contributed by atoms with Crippen molar-refractivity contribution < 1.29 is 26.8 Å². The molecule has 2 N–H and O–H groups in total. The van der Waals surface area contributed by atoms with Crippen LogP contribution in [0.4, 0.5) is 20.6 Å². The third-order valence-electron chi connectivity index (χ3n) is 5.39. The first-order valence-corrected chi connectivity index (χ1v) is 11.9. The van der Waals surface area contributed by atoms with E-state index in [9.17, 15) is 22.8 Å². The SMILES string of the molecule is CCc1cc(NC(=O)[NH+]([O-])S(=O)(=O)N(c2cnn(C)c2)C2CCOCC2)cc(CC)c1F. The molecular weight excluding hydrogens is 441 g/mol. The maximum absolute atomic E-state index is 14.3. The number of aryl methyl sites for hydroxylation is 3. The van der Waals surface area contributed by atoms with Gasteiger partial charge in [0.05, 0.1) is 17.9 Å². The molecule has 1 aliphatic rings. The van der Waals surface area contributed by atoms with Crippen molar-refractivity contribution in [2.75, 3.05) is 22.8 Å². The Hall–Kier alpha value is -2.54. The number of carbonyl (C=O) groups is 1. The Kier molecular flexibility index (Phi) is 7.49. The van der Waals surface area contributed by atoms with Gasteiger partial charge in [0.15, 0.2) is 0 Å². The zero-order valence-corrected chi connectivity index (χ0v) is 19.1. The van der Waals surface area contributed by atoms with Crippen LogP contribution < -0.4 is 14.1 Å². The molecule has 0 saturated carbocycles. The topological polar surface area (TPSA) is 121 Å². The Morgan fingerprint density at radius 2 is 1.91 bits per heavy atom. The summed E-state index contributed by atoms with van der Waals surface area (Å²) in [6, 6.07) is 0.966. The van der Waals surface area contributed by atoms with Crippen LogP contribution in [0.2, 0.25) is 0 Å². The summed E-state index contributed by atoms with van der Waals surface area (Å²) in [5.74, 6) is -0.366. The van der Waals surface area contributed by atoms with E-state index in [0.717, 1.165) is 4.31 Å². The average molecular weight is 470 g/mol. The lowest BCUT2D eigenvalue weighted by Crippen LogP contribution is -3.14. The summed E-state index contributed by atoms with van der Waals surface area (Å²) < 4.78 is 46.9. The molecule has 0 aliphatic carbocycles. The largest absolute Gasteiger partial charge is 0.608 e. The first-order valence-electron chi connectivity index (χ1n) is 10.5. The van der Waals surface area contributed by atoms with Gasteiger partial charge in [-0.05, 0) is 48.9 Å². The van der Waals surface area contributed by atoms with Crippen LogP contribution in [0, 0.1) is 11.0 Å². The van der Waals surface area contributed by atoms with Crippen molar-refractivity contribution >= 4 is 27.6 Å². The van der Waals surface area contributed by atoms with Gasteiger partial charge in [-0.15, -0.1) is 0 Å². The first-order chi connectivity index (χ1) is 15.2. The van der Waals surface area contributed by atoms with Crippen LogP contribution in [0.25, 0.3) is 0 Å². The van der Waals surface area contributed by atoms with Gasteiger partial charge in [-0.1, -0.05) is 13.8 Å². The number of urea groups is 1. The van der Waals surface area contributed by atoms with E-state index in [0.29, 0.717) is 50.0 Å². The summed E-state index contributed by atoms with van der Waals surface area (Å²) in [5, 5.41) is 19.2. The van der Waals surface area contributed by atoms with Crippen LogP contribution in [0.15, 0.2) is 24.5 Å². The number of rotatable bonds is 7. The Balaban J connectivity index is 1.89. The second kappa shape index (κ2) is 9.94. The van der Waals surface area contributed by atoms with E-state index in [1.165, 1.54) is 29.2 Å². The monoisotopic (exact) mass is 469 g/mol. The molecule has 12 heteroatoms. The molecule has 1 aromatic heterocycles. The molecule has 10 nitrogen and oxygen atoms in total. The highest BCUT2D eigenvalue weighted by Crippen LogP contribution is 2.25. The second-order valence-electron chi connectivity index (χ2n) is 7.57. The number of nitrogens with zero attached hydrogens (tertiary/aromatic N) is 3. The number of nitrogens with one attached hydrogen (secondary N) is 2. The van der Waals surface area contributed by atoms with Gasteiger partial charge in [0.25, 0.3) is 0 Å². The number of carbonyl (C=O) groups excluding carboxylic acids is 1. The predicted octanol–water partition coefficient (Wildman–Crippen LogP) is 1.53. The summed E-state index contributed by atoms with van der Waals surface area (Å²) in [4.78, 5) is 12.7. The fourth-order valence-corrected chi connectivity index (χ4v) is 5.15. The van der Waals surface area contributed by atoms with Gasteiger partial charge in [-0.25, -0.2) is 13.5 Å². The van der Waals surface area contributed by atoms with Gasteiger partial charge in [0.1, 0.15) is 5.82 Å². The molecule has 2 amide bonds. The summed E-state index contributed by atoms with van der Waals surface area (Å²) in [6.07, 6.45) is 4.32. The zero-order chi connectivity index (χ0) is 23.5. The van der Waals surface area contributed by atoms with Gasteiger partial charge in [0, 0.05) is 32.1 Å². The molecule has 0 radical (unpaired) electrons. The Bertz CT molecular complexity index is 1040. The minimum atomic E-state index is -4.70. The van der Waals surface area contributed by atoms with Crippen molar-refractivity contribution in [2.45, 2.75) is 45.6 Å². The number of ether oxygens (including phenoxy) is 1. The maximum atomic E-state index is 14.3. The smallest absolute Gasteiger partial charge is 0.436 e. The van der Waals surface area contributed by atoms with E-state index in [2.05, 4.69) is 10.4 Å². The van der Waals surface area contributed by atoms with E-state index < -0.39 is 26.8 Å². The number of hydrogen-bond acceptors (Lipinski definition) is 6. The normalized spacial score (nSPS) is 16.0. The van der Waals surface area contributed by atoms with E-state index in [4.69, 9.17) is 4.74 Å². The van der Waals surface area contributed by atoms with Crippen LogP contribution in [0.5, 0.6) is 0 Å². The van der Waals surface area contributed by atoms with Crippen LogP contribution in [-0.4, -0.2) is 43.5 Å². The molecule has 0 spiro atoms. The van der Waals surface area contributed by atoms with Crippen molar-refractivity contribution in [3.05, 3.63) is 46.7 Å². The highest BCUT2D eigenvalue weighted by Gasteiger charge is 2.40. The van der Waals surface area contributed by atoms with E-state index in [1.54, 1.807) is 20.9 Å². The summed E-state index contributed by atoms with van der Waals surface area (Å²) in [5.41, 5.74) is 1.11. The quantitative estimate of drug-likeness (QED) is 0.594. The number of anilines is 2. The Labute approximate surface area is 186 Å². The van der Waals surface area contributed by atoms with Crippen molar-refractivity contribution in [3.8, 4) is 0 Å². The van der Waals surface area contributed by atoms with Crippen LogP contribution >= 0.6 is 0 Å². The number of hydroxylamine groups is 1. The standard InChI is InChI=1S/C20H28FN5O5S/c1-4-14-10-16(11-15(5-2)19(14)21)23-20(27)26(28)32(29,30)25(17-6-8-31-9-7-17)18-12-22-24(3)13-18/h10-13,17,26H,4-9H2,1-3H3,(H,23,27). The number of benzene rings is 1. The zero-order valence-electron chi connectivity index (χ0n) is 18.3. The Morgan fingerprint density at radius 3 is 2.41 bits per heavy atom. The lowest BCUT2D eigenvalue weighted by molar-refractivity contribution is -0.604. The predicted molar refractivity (Wildman–Crippen MR) is 117 cm³/mol. The lowest BCUT2D eigenvalue weighted by Gasteiger charge is -2.35. The number of amides is 2. The number of aromatic nitrogens is 2. The van der Waals surface area contributed by atoms with Gasteiger partial charge < -0.3 is 9.94 Å². The lowest BCUT2D eigenvalue weighted by atomic mass is 10.0. The molecule has 32 heavy (non-hydrogen) atoms. The van der Waals surface area contributed by atoms with E-state index in [1.807, 2.05) is 0 Å². The van der Waals surface area contributed by atoms with Crippen molar-refractivity contribution in [3.63, 3.8) is 0 Å². The molecule has 1 saturated heterocycles. The summed E-state index contributed by atoms with van der Waals surface area (Å²) >= 11 is 0. The van der Waals surface area contributed by atoms with Crippen molar-refractivity contribution in [1.82, 2.24) is 9.78 Å². The molecular formula is C20H28FN5O5S. The molecule has 3 rings (SSSR count). The van der Waals surface area contributed by atoms with Crippen LogP contribution in [0.3, 0.4) is 0 Å². The average Bonchev–Trinajstić information content (AvgIpc) is 3.20. The van der Waals surface area contributed by atoms with Crippen LogP contribution in [0.1, 0.15) is 37.8 Å². The first kappa shape index (κ1) is 24.1. The molecule has 176 valence electrons. The van der Waals surface area contributed by atoms with Crippen molar-refractivity contribution in [2.24, 2.45) is 7.05 Å². The highest BCUT2D eigenvalue weighted by atomic mass is 32.2. The molecule has 1 aromatic carbocycles. The Morgan fingerprint density at radius 1 is 1.31 bits per heavy atom. The fourth-order valence-electron chi connectivity index (χ4n) is 3.71. The molecule has 0 bridgehead atoms. The minimum absolute atomic E-state index is 0.174. The fraction of sp³-hybridized carbons (Fsp3) is 0.500. The third kappa shape index (κ3) is 4.93. The van der Waals surface area contributed by atoms with Crippen LogP contribution in [-0.2, 0) is 34.8 Å². The second-order valence-corrected chi connectivity index (χ2v) is 9.29. The van der Waals surface area contributed by atoms with Gasteiger partial charge in [-0.3, -0.25) is 10.00 Å². The molecule has 1 atom stereocenters. The number of quaternary nitrogens is 1. The summed E-state index contributed by atoms with van der Waals surface area (Å²) in [7, 11) is -3.08. The molecule has 1 unspecified atom stereocenters. The molecule has 2 heterocycles. The minimum Gasteiger partial charge on any atom is -0.608 e. The van der Waals surface area contributed by atoms with Gasteiger partial charge in [0.2, 0.25) is 0 Å². The molecule has 1 fully saturated rings. The number of hydrogen-bond donors (Lipinski definition) is 2. The van der Waals surface area contributed by atoms with E-state index >= 15 is 0 Å². The number of halogens is 1. The maximum Gasteiger partial charge on any atom is 0.436 e. The van der Waals surface area contributed by atoms with Gasteiger partial charge in [-0.2, -0.15) is 18.0 Å². The van der Waals surface area contributed by atoms with Gasteiger partial charge >= 0.3 is 16.2 Å². The molecule has 1 aliphatic heterocycles. The third-order valence-corrected chi connectivity index (χ3v) is 7.07. The molecule has 2 aromatic rings.